The van der Waals surface area contributed by atoms with E-state index in [1.807, 2.05) is 6.08 Å². The third-order valence-corrected chi connectivity index (χ3v) is 8.58. The molecule has 160 valence electrons. The van der Waals surface area contributed by atoms with Crippen molar-refractivity contribution in [2.45, 2.75) is 43.4 Å². The predicted octanol–water partition coefficient (Wildman–Crippen LogP) is 5.40. The molecule has 9 heteroatoms. The van der Waals surface area contributed by atoms with Crippen molar-refractivity contribution < 1.29 is 18.3 Å². The van der Waals surface area contributed by atoms with E-state index < -0.39 is 16.0 Å². The number of hydrogen-bond acceptors (Lipinski definition) is 3. The standard InChI is InChI=1S/C20H24Cl3NO4S/c21-14-9-17(22)20(18(23)10-14)29(27,28)24-11-16-13-7-6-12(8-13)15(16)4-2-1-3-5-19(25)26/h2,4,9-10,12-13,15-16,24H,1,3,5-8,11H2,(H,25,26)/b4-2-. The number of hydrogen-bond donors (Lipinski definition) is 2. The number of carbonyl (C=O) groups is 1. The smallest absolute Gasteiger partial charge is 0.303 e. The van der Waals surface area contributed by atoms with Crippen molar-refractivity contribution in [3.8, 4) is 0 Å². The number of aliphatic carboxylic acids is 1. The molecule has 2 aliphatic carbocycles. The van der Waals surface area contributed by atoms with Crippen LogP contribution in [0.4, 0.5) is 0 Å². The minimum Gasteiger partial charge on any atom is -0.481 e. The third kappa shape index (κ3) is 5.47. The molecule has 2 aliphatic rings. The first-order valence-electron chi connectivity index (χ1n) is 9.71. The van der Waals surface area contributed by atoms with Crippen molar-refractivity contribution in [1.29, 1.82) is 0 Å². The summed E-state index contributed by atoms with van der Waals surface area (Å²) >= 11 is 18.1. The van der Waals surface area contributed by atoms with Gasteiger partial charge in [0.15, 0.2) is 0 Å². The van der Waals surface area contributed by atoms with E-state index in [0.717, 1.165) is 19.3 Å². The third-order valence-electron chi connectivity index (χ3n) is 6.02. The Morgan fingerprint density at radius 1 is 1.17 bits per heavy atom. The summed E-state index contributed by atoms with van der Waals surface area (Å²) in [6.07, 6.45) is 9.07. The molecule has 1 aromatic carbocycles. The number of benzene rings is 1. The zero-order valence-corrected chi connectivity index (χ0v) is 18.9. The first-order chi connectivity index (χ1) is 13.7. The van der Waals surface area contributed by atoms with Crippen LogP contribution >= 0.6 is 34.8 Å². The van der Waals surface area contributed by atoms with Gasteiger partial charge in [-0.1, -0.05) is 47.0 Å². The van der Waals surface area contributed by atoms with Crippen molar-refractivity contribution >= 4 is 50.8 Å². The van der Waals surface area contributed by atoms with Crippen LogP contribution in [0.5, 0.6) is 0 Å². The molecule has 0 spiro atoms. The second kappa shape index (κ2) is 9.56. The van der Waals surface area contributed by atoms with Crippen LogP contribution < -0.4 is 4.72 Å². The van der Waals surface area contributed by atoms with Gasteiger partial charge in [0.1, 0.15) is 4.90 Å². The molecular formula is C20H24Cl3NO4S. The van der Waals surface area contributed by atoms with E-state index >= 15 is 0 Å². The van der Waals surface area contributed by atoms with Crippen LogP contribution in [0.3, 0.4) is 0 Å². The molecule has 0 radical (unpaired) electrons. The zero-order chi connectivity index (χ0) is 21.2. The largest absolute Gasteiger partial charge is 0.481 e. The summed E-state index contributed by atoms with van der Waals surface area (Å²) in [6, 6.07) is 2.73. The monoisotopic (exact) mass is 479 g/mol. The highest BCUT2D eigenvalue weighted by atomic mass is 35.5. The van der Waals surface area contributed by atoms with Gasteiger partial charge in [-0.25, -0.2) is 13.1 Å². The number of carboxylic acid groups (broad SMARTS) is 1. The SMILES string of the molecule is O=C(O)CCC/C=C\C1C2CCC(C2)C1CNS(=O)(=O)c1c(Cl)cc(Cl)cc1Cl. The molecule has 0 aliphatic heterocycles. The summed E-state index contributed by atoms with van der Waals surface area (Å²) in [5, 5.41) is 9.01. The quantitative estimate of drug-likeness (QED) is 0.366. The number of sulfonamides is 1. The summed E-state index contributed by atoms with van der Waals surface area (Å²) in [4.78, 5) is 10.5. The van der Waals surface area contributed by atoms with Crippen LogP contribution in [0.15, 0.2) is 29.2 Å². The Balaban J connectivity index is 1.67. The number of unbranched alkanes of at least 4 members (excludes halogenated alkanes) is 1. The summed E-state index contributed by atoms with van der Waals surface area (Å²) in [5.41, 5.74) is 0. The van der Waals surface area contributed by atoms with Gasteiger partial charge in [0.05, 0.1) is 10.0 Å². The van der Waals surface area contributed by atoms with Gasteiger partial charge in [-0.3, -0.25) is 4.79 Å². The Morgan fingerprint density at radius 2 is 1.83 bits per heavy atom. The number of allylic oxidation sites excluding steroid dienone is 2. The van der Waals surface area contributed by atoms with Crippen LogP contribution in [-0.2, 0) is 14.8 Å². The maximum Gasteiger partial charge on any atom is 0.303 e. The highest BCUT2D eigenvalue weighted by molar-refractivity contribution is 7.89. The molecule has 0 saturated heterocycles. The van der Waals surface area contributed by atoms with Gasteiger partial charge in [0, 0.05) is 18.0 Å². The Labute approximate surface area is 186 Å². The molecule has 2 fully saturated rings. The van der Waals surface area contributed by atoms with E-state index in [0.29, 0.717) is 37.1 Å². The highest BCUT2D eigenvalue weighted by Gasteiger charge is 2.46. The molecule has 0 amide bonds. The fourth-order valence-corrected chi connectivity index (χ4v) is 7.36. The molecule has 2 bridgehead atoms. The van der Waals surface area contributed by atoms with Crippen LogP contribution in [0.25, 0.3) is 0 Å². The number of fused-ring (bicyclic) bond motifs is 2. The van der Waals surface area contributed by atoms with Gasteiger partial charge >= 0.3 is 5.97 Å². The molecule has 2 N–H and O–H groups in total. The summed E-state index contributed by atoms with van der Waals surface area (Å²) in [5.74, 6) is 0.784. The first kappa shape index (κ1) is 22.9. The van der Waals surface area contributed by atoms with E-state index in [2.05, 4.69) is 10.8 Å². The molecule has 2 saturated carbocycles. The second-order valence-corrected chi connectivity index (χ2v) is 10.8. The van der Waals surface area contributed by atoms with Gasteiger partial charge in [-0.05, 0) is 67.9 Å². The fraction of sp³-hybridized carbons (Fsp3) is 0.550. The van der Waals surface area contributed by atoms with Gasteiger partial charge in [0.2, 0.25) is 10.0 Å². The average molecular weight is 481 g/mol. The number of carboxylic acids is 1. The molecule has 3 rings (SSSR count). The van der Waals surface area contributed by atoms with E-state index in [9.17, 15) is 13.2 Å². The number of halogens is 3. The molecule has 0 heterocycles. The second-order valence-electron chi connectivity index (χ2n) is 7.84. The van der Waals surface area contributed by atoms with E-state index in [1.165, 1.54) is 12.1 Å². The lowest BCUT2D eigenvalue weighted by atomic mass is 9.79. The van der Waals surface area contributed by atoms with Crippen LogP contribution in [0, 0.1) is 23.7 Å². The molecule has 5 nitrogen and oxygen atoms in total. The van der Waals surface area contributed by atoms with Crippen molar-refractivity contribution in [3.05, 3.63) is 39.4 Å². The molecule has 0 aromatic heterocycles. The van der Waals surface area contributed by atoms with Crippen molar-refractivity contribution in [3.63, 3.8) is 0 Å². The van der Waals surface area contributed by atoms with Crippen molar-refractivity contribution in [2.75, 3.05) is 6.54 Å². The lowest BCUT2D eigenvalue weighted by Gasteiger charge is -2.29. The normalized spacial score (nSPS) is 26.4. The number of rotatable bonds is 9. The van der Waals surface area contributed by atoms with Crippen LogP contribution in [0.2, 0.25) is 15.1 Å². The van der Waals surface area contributed by atoms with Gasteiger partial charge < -0.3 is 5.11 Å². The molecule has 4 atom stereocenters. The van der Waals surface area contributed by atoms with Crippen LogP contribution in [0.1, 0.15) is 38.5 Å². The topological polar surface area (TPSA) is 83.5 Å². The molecule has 4 unspecified atom stereocenters. The average Bonchev–Trinajstić information content (AvgIpc) is 3.20. The van der Waals surface area contributed by atoms with Gasteiger partial charge in [-0.15, -0.1) is 0 Å². The highest BCUT2D eigenvalue weighted by Crippen LogP contribution is 2.52. The van der Waals surface area contributed by atoms with Gasteiger partial charge in [0.25, 0.3) is 0 Å². The minimum atomic E-state index is -3.87. The molecule has 1 aromatic rings. The Bertz CT molecular complexity index is 880. The van der Waals surface area contributed by atoms with E-state index in [4.69, 9.17) is 39.9 Å². The van der Waals surface area contributed by atoms with Crippen molar-refractivity contribution in [2.24, 2.45) is 23.7 Å². The van der Waals surface area contributed by atoms with Gasteiger partial charge in [-0.2, -0.15) is 0 Å². The zero-order valence-electron chi connectivity index (χ0n) is 15.8. The summed E-state index contributed by atoms with van der Waals surface area (Å²) in [7, 11) is -3.87. The van der Waals surface area contributed by atoms with Crippen LogP contribution in [-0.4, -0.2) is 26.0 Å². The lowest BCUT2D eigenvalue weighted by Crippen LogP contribution is -2.35. The maximum absolute atomic E-state index is 12.8. The molecule has 29 heavy (non-hydrogen) atoms. The van der Waals surface area contributed by atoms with E-state index in [-0.39, 0.29) is 32.3 Å². The fourth-order valence-electron chi connectivity index (χ4n) is 4.75. The van der Waals surface area contributed by atoms with Crippen molar-refractivity contribution in [1.82, 2.24) is 4.72 Å². The first-order valence-corrected chi connectivity index (χ1v) is 12.3. The predicted molar refractivity (Wildman–Crippen MR) is 115 cm³/mol. The summed E-state index contributed by atoms with van der Waals surface area (Å²) in [6.45, 7) is 0.322. The lowest BCUT2D eigenvalue weighted by molar-refractivity contribution is -0.137. The summed E-state index contributed by atoms with van der Waals surface area (Å²) < 4.78 is 28.3. The molecular weight excluding hydrogens is 457 g/mol. The maximum atomic E-state index is 12.8. The van der Waals surface area contributed by atoms with E-state index in [1.54, 1.807) is 0 Å². The Hall–Kier alpha value is -0.790. The Kier molecular flexibility index (Phi) is 7.55. The number of nitrogens with one attached hydrogen (secondary N) is 1. The Morgan fingerprint density at radius 3 is 2.48 bits per heavy atom. The minimum absolute atomic E-state index is 0.00202.